The fourth-order valence-corrected chi connectivity index (χ4v) is 2.97. The molecule has 0 saturated heterocycles. The predicted molar refractivity (Wildman–Crippen MR) is 121 cm³/mol. The number of hydrazone groups is 1. The minimum Gasteiger partial charge on any atom is -0.272 e. The van der Waals surface area contributed by atoms with Gasteiger partial charge >= 0.3 is 0 Å². The Hall–Kier alpha value is -4.25. The lowest BCUT2D eigenvalue weighted by molar-refractivity contribution is 0.0950. The quantitative estimate of drug-likeness (QED) is 0.351. The summed E-state index contributed by atoms with van der Waals surface area (Å²) in [5.41, 5.74) is 7.82. The van der Waals surface area contributed by atoms with Crippen LogP contribution in [0, 0.1) is 0 Å². The molecule has 1 aromatic heterocycles. The van der Waals surface area contributed by atoms with Crippen molar-refractivity contribution in [2.75, 3.05) is 0 Å². The second kappa shape index (κ2) is 9.30. The summed E-state index contributed by atoms with van der Waals surface area (Å²) in [6.45, 7) is 0. The lowest BCUT2D eigenvalue weighted by atomic mass is 10.0. The summed E-state index contributed by atoms with van der Waals surface area (Å²) >= 11 is 0. The average Bonchev–Trinajstić information content (AvgIpc) is 3.31. The van der Waals surface area contributed by atoms with Crippen LogP contribution in [0.2, 0.25) is 0 Å². The summed E-state index contributed by atoms with van der Waals surface area (Å²) < 4.78 is 0. The standard InChI is InChI=1S/C25H20N4O/c30-25(29-26-17-7-10-19-8-3-1-4-9-19)24-18-23(27-28-24)22-15-13-21(14-16-22)20-11-5-2-6-12-20/h1-18H,(H,27,28)(H,29,30)/b10-7+,26-17+. The molecule has 1 amide bonds. The van der Waals surface area contributed by atoms with Crippen molar-refractivity contribution in [2.24, 2.45) is 5.10 Å². The van der Waals surface area contributed by atoms with Crippen molar-refractivity contribution in [2.45, 2.75) is 0 Å². The highest BCUT2D eigenvalue weighted by molar-refractivity contribution is 5.94. The van der Waals surface area contributed by atoms with Crippen LogP contribution >= 0.6 is 0 Å². The van der Waals surface area contributed by atoms with E-state index < -0.39 is 0 Å². The minimum absolute atomic E-state index is 0.348. The van der Waals surface area contributed by atoms with E-state index >= 15 is 0 Å². The number of nitrogens with zero attached hydrogens (tertiary/aromatic N) is 2. The minimum atomic E-state index is -0.348. The lowest BCUT2D eigenvalue weighted by Crippen LogP contribution is -2.17. The van der Waals surface area contributed by atoms with Crippen molar-refractivity contribution in [1.82, 2.24) is 15.6 Å². The number of amides is 1. The molecule has 0 fully saturated rings. The van der Waals surface area contributed by atoms with Crippen LogP contribution in [0.1, 0.15) is 16.1 Å². The number of nitrogens with one attached hydrogen (secondary N) is 2. The molecule has 0 saturated carbocycles. The first-order chi connectivity index (χ1) is 14.8. The molecule has 2 N–H and O–H groups in total. The molecule has 1 heterocycles. The van der Waals surface area contributed by atoms with Crippen LogP contribution in [0.15, 0.2) is 102 Å². The summed E-state index contributed by atoms with van der Waals surface area (Å²) in [6.07, 6.45) is 5.20. The second-order valence-corrected chi connectivity index (χ2v) is 6.60. The van der Waals surface area contributed by atoms with Gasteiger partial charge in [-0.3, -0.25) is 9.89 Å². The Morgan fingerprint density at radius 1 is 0.833 bits per heavy atom. The van der Waals surface area contributed by atoms with Crippen LogP contribution in [0.25, 0.3) is 28.5 Å². The topological polar surface area (TPSA) is 70.1 Å². The molecule has 0 radical (unpaired) electrons. The van der Waals surface area contributed by atoms with E-state index in [1.54, 1.807) is 12.1 Å². The fraction of sp³-hybridized carbons (Fsp3) is 0. The van der Waals surface area contributed by atoms with Gasteiger partial charge in [-0.2, -0.15) is 10.2 Å². The van der Waals surface area contributed by atoms with Crippen molar-refractivity contribution in [1.29, 1.82) is 0 Å². The van der Waals surface area contributed by atoms with E-state index in [2.05, 4.69) is 32.9 Å². The van der Waals surface area contributed by atoms with Gasteiger partial charge in [-0.1, -0.05) is 91.0 Å². The first-order valence-corrected chi connectivity index (χ1v) is 9.56. The third-order valence-electron chi connectivity index (χ3n) is 4.53. The average molecular weight is 392 g/mol. The number of hydrogen-bond donors (Lipinski definition) is 2. The van der Waals surface area contributed by atoms with Gasteiger partial charge in [0.05, 0.1) is 5.69 Å². The third kappa shape index (κ3) is 4.77. The smallest absolute Gasteiger partial charge is 0.272 e. The summed E-state index contributed by atoms with van der Waals surface area (Å²) in [6, 6.07) is 29.8. The number of allylic oxidation sites excluding steroid dienone is 1. The maximum Gasteiger partial charge on any atom is 0.289 e. The SMILES string of the molecule is O=C(N/N=C/C=C/c1ccccc1)c1cc(-c2ccc(-c3ccccc3)cc2)n[nH]1. The Labute approximate surface area is 174 Å². The molecule has 0 unspecified atom stereocenters. The Bertz CT molecular complexity index is 1160. The van der Waals surface area contributed by atoms with Crippen molar-refractivity contribution in [3.63, 3.8) is 0 Å². The Kier molecular flexibility index (Phi) is 5.91. The summed E-state index contributed by atoms with van der Waals surface area (Å²) in [5, 5.41) is 10.9. The number of hydrogen-bond acceptors (Lipinski definition) is 3. The fourth-order valence-electron chi connectivity index (χ4n) is 2.97. The number of rotatable bonds is 6. The van der Waals surface area contributed by atoms with Crippen molar-refractivity contribution < 1.29 is 4.79 Å². The molecule has 5 nitrogen and oxygen atoms in total. The van der Waals surface area contributed by atoms with Crippen molar-refractivity contribution >= 4 is 18.2 Å². The molecule has 0 atom stereocenters. The zero-order valence-corrected chi connectivity index (χ0v) is 16.2. The molecule has 0 aliphatic heterocycles. The largest absolute Gasteiger partial charge is 0.289 e. The van der Waals surface area contributed by atoms with Crippen molar-refractivity contribution in [3.05, 3.63) is 108 Å². The van der Waals surface area contributed by atoms with Crippen LogP contribution in [0.5, 0.6) is 0 Å². The van der Waals surface area contributed by atoms with Gasteiger partial charge in [0.15, 0.2) is 0 Å². The number of benzene rings is 3. The number of H-pyrrole nitrogens is 1. The summed E-state index contributed by atoms with van der Waals surface area (Å²) in [7, 11) is 0. The molecular formula is C25H20N4O. The highest BCUT2D eigenvalue weighted by Crippen LogP contribution is 2.24. The Balaban J connectivity index is 1.37. The zero-order chi connectivity index (χ0) is 20.6. The van der Waals surface area contributed by atoms with Gasteiger partial charge in [-0.25, -0.2) is 5.43 Å². The number of aromatic nitrogens is 2. The molecule has 0 spiro atoms. The van der Waals surface area contributed by atoms with E-state index in [0.717, 1.165) is 22.3 Å². The molecule has 0 aliphatic rings. The molecule has 3 aromatic carbocycles. The van der Waals surface area contributed by atoms with E-state index in [9.17, 15) is 4.79 Å². The normalized spacial score (nSPS) is 11.2. The van der Waals surface area contributed by atoms with E-state index in [4.69, 9.17) is 0 Å². The number of carbonyl (C=O) groups is 1. The van der Waals surface area contributed by atoms with Crippen LogP contribution < -0.4 is 5.43 Å². The monoisotopic (exact) mass is 392 g/mol. The molecule has 0 bridgehead atoms. The van der Waals surface area contributed by atoms with Gasteiger partial charge in [0, 0.05) is 11.8 Å². The lowest BCUT2D eigenvalue weighted by Gasteiger charge is -2.02. The van der Waals surface area contributed by atoms with Gasteiger partial charge in [-0.05, 0) is 28.8 Å². The first-order valence-electron chi connectivity index (χ1n) is 9.56. The molecular weight excluding hydrogens is 372 g/mol. The highest BCUT2D eigenvalue weighted by Gasteiger charge is 2.10. The van der Waals surface area contributed by atoms with E-state index in [1.165, 1.54) is 6.21 Å². The highest BCUT2D eigenvalue weighted by atomic mass is 16.2. The first kappa shape index (κ1) is 19.1. The second-order valence-electron chi connectivity index (χ2n) is 6.60. The maximum absolute atomic E-state index is 12.2. The number of carbonyl (C=O) groups excluding carboxylic acids is 1. The maximum atomic E-state index is 12.2. The Morgan fingerprint density at radius 2 is 1.47 bits per heavy atom. The summed E-state index contributed by atoms with van der Waals surface area (Å²) in [4.78, 5) is 12.2. The zero-order valence-electron chi connectivity index (χ0n) is 16.2. The van der Waals surface area contributed by atoms with Crippen molar-refractivity contribution in [3.8, 4) is 22.4 Å². The summed E-state index contributed by atoms with van der Waals surface area (Å²) in [5.74, 6) is -0.348. The van der Waals surface area contributed by atoms with Crippen LogP contribution in [-0.4, -0.2) is 22.3 Å². The van der Waals surface area contributed by atoms with Crippen LogP contribution in [-0.2, 0) is 0 Å². The van der Waals surface area contributed by atoms with Gasteiger partial charge in [0.25, 0.3) is 5.91 Å². The van der Waals surface area contributed by atoms with E-state index in [1.807, 2.05) is 78.9 Å². The molecule has 5 heteroatoms. The molecule has 0 aliphatic carbocycles. The molecule has 4 rings (SSSR count). The number of aromatic amines is 1. The van der Waals surface area contributed by atoms with E-state index in [-0.39, 0.29) is 5.91 Å². The van der Waals surface area contributed by atoms with Gasteiger partial charge in [0.1, 0.15) is 5.69 Å². The third-order valence-corrected chi connectivity index (χ3v) is 4.53. The molecule has 4 aromatic rings. The predicted octanol–water partition coefficient (Wildman–Crippen LogP) is 5.17. The van der Waals surface area contributed by atoms with E-state index in [0.29, 0.717) is 11.4 Å². The van der Waals surface area contributed by atoms with Gasteiger partial charge in [0.2, 0.25) is 0 Å². The van der Waals surface area contributed by atoms with Gasteiger partial charge < -0.3 is 0 Å². The van der Waals surface area contributed by atoms with Gasteiger partial charge in [-0.15, -0.1) is 0 Å². The van der Waals surface area contributed by atoms with Crippen LogP contribution in [0.3, 0.4) is 0 Å². The Morgan fingerprint density at radius 3 is 2.20 bits per heavy atom. The molecule has 30 heavy (non-hydrogen) atoms. The van der Waals surface area contributed by atoms with Crippen LogP contribution in [0.4, 0.5) is 0 Å². The molecule has 146 valence electrons.